The molecule has 1 fully saturated rings. The molecule has 0 aliphatic heterocycles. The molecule has 128 valence electrons. The Hall–Kier alpha value is -0.840. The second-order valence-electron chi connectivity index (χ2n) is 5.22. The molecule has 0 spiro atoms. The molecule has 1 aliphatic carbocycles. The zero-order valence-corrected chi connectivity index (χ0v) is 13.2. The molecule has 2 rings (SSSR count). The van der Waals surface area contributed by atoms with Crippen molar-refractivity contribution in [2.45, 2.75) is 55.4 Å². The van der Waals surface area contributed by atoms with Crippen LogP contribution >= 0.6 is 12.4 Å². The minimum absolute atomic E-state index is 0. The lowest BCUT2D eigenvalue weighted by Crippen LogP contribution is -2.40. The third-order valence-corrected chi connectivity index (χ3v) is 4.83. The van der Waals surface area contributed by atoms with Gasteiger partial charge in [0.05, 0.1) is 6.20 Å². The van der Waals surface area contributed by atoms with E-state index in [9.17, 15) is 21.6 Å². The van der Waals surface area contributed by atoms with Crippen molar-refractivity contribution >= 4 is 22.4 Å². The first-order chi connectivity index (χ1) is 9.66. The molecule has 0 unspecified atom stereocenters. The lowest BCUT2D eigenvalue weighted by molar-refractivity contribution is -0.142. The van der Waals surface area contributed by atoms with Gasteiger partial charge in [0.2, 0.25) is 10.0 Å². The molecule has 3 N–H and O–H groups in total. The number of hydrogen-bond donors (Lipinski definition) is 2. The zero-order chi connectivity index (χ0) is 15.7. The number of alkyl halides is 3. The van der Waals surface area contributed by atoms with Crippen molar-refractivity contribution in [3.63, 3.8) is 0 Å². The van der Waals surface area contributed by atoms with Gasteiger partial charge in [-0.2, -0.15) is 18.3 Å². The molecule has 1 aliphatic rings. The van der Waals surface area contributed by atoms with Crippen molar-refractivity contribution < 1.29 is 21.6 Å². The van der Waals surface area contributed by atoms with Crippen LogP contribution in [-0.4, -0.2) is 36.5 Å². The SMILES string of the molecule is Cl.NC1CCC(NS(=O)(=O)c2cnn(CC(F)(F)F)c2)CC1. The van der Waals surface area contributed by atoms with Gasteiger partial charge in [-0.3, -0.25) is 4.68 Å². The van der Waals surface area contributed by atoms with Crippen LogP contribution in [0, 0.1) is 0 Å². The minimum atomic E-state index is -4.44. The van der Waals surface area contributed by atoms with Crippen LogP contribution < -0.4 is 10.5 Å². The maximum Gasteiger partial charge on any atom is 0.408 e. The summed E-state index contributed by atoms with van der Waals surface area (Å²) < 4.78 is 63.9. The largest absolute Gasteiger partial charge is 0.408 e. The molecule has 0 atom stereocenters. The van der Waals surface area contributed by atoms with E-state index < -0.39 is 22.7 Å². The summed E-state index contributed by atoms with van der Waals surface area (Å²) in [5.74, 6) is 0. The Morgan fingerprint density at radius 2 is 1.91 bits per heavy atom. The topological polar surface area (TPSA) is 90.0 Å². The Morgan fingerprint density at radius 3 is 2.45 bits per heavy atom. The average Bonchev–Trinajstić information content (AvgIpc) is 2.79. The lowest BCUT2D eigenvalue weighted by Gasteiger charge is -2.26. The summed E-state index contributed by atoms with van der Waals surface area (Å²) >= 11 is 0. The summed E-state index contributed by atoms with van der Waals surface area (Å²) in [6, 6.07) is -0.152. The van der Waals surface area contributed by atoms with Crippen LogP contribution in [0.2, 0.25) is 0 Å². The van der Waals surface area contributed by atoms with E-state index in [0.29, 0.717) is 17.5 Å². The first-order valence-electron chi connectivity index (χ1n) is 6.53. The minimum Gasteiger partial charge on any atom is -0.328 e. The zero-order valence-electron chi connectivity index (χ0n) is 11.6. The van der Waals surface area contributed by atoms with Gasteiger partial charge in [0.25, 0.3) is 0 Å². The van der Waals surface area contributed by atoms with Crippen LogP contribution in [0.25, 0.3) is 0 Å². The Labute approximate surface area is 132 Å². The van der Waals surface area contributed by atoms with E-state index in [1.54, 1.807) is 0 Å². The number of rotatable bonds is 4. The summed E-state index contributed by atoms with van der Waals surface area (Å²) in [4.78, 5) is -0.262. The first-order valence-corrected chi connectivity index (χ1v) is 8.01. The van der Waals surface area contributed by atoms with Crippen molar-refractivity contribution in [2.75, 3.05) is 0 Å². The van der Waals surface area contributed by atoms with Gasteiger partial charge in [0.1, 0.15) is 11.4 Å². The Kier molecular flexibility index (Phi) is 6.25. The van der Waals surface area contributed by atoms with Gasteiger partial charge in [-0.1, -0.05) is 0 Å². The molecule has 6 nitrogen and oxygen atoms in total. The molecule has 1 aromatic heterocycles. The van der Waals surface area contributed by atoms with Gasteiger partial charge in [-0.15, -0.1) is 12.4 Å². The molecule has 1 saturated carbocycles. The highest BCUT2D eigenvalue weighted by Gasteiger charge is 2.30. The van der Waals surface area contributed by atoms with E-state index >= 15 is 0 Å². The predicted molar refractivity (Wildman–Crippen MR) is 76.1 cm³/mol. The van der Waals surface area contributed by atoms with Gasteiger partial charge in [0.15, 0.2) is 0 Å². The summed E-state index contributed by atoms with van der Waals surface area (Å²) in [7, 11) is -3.85. The van der Waals surface area contributed by atoms with E-state index in [0.717, 1.165) is 25.2 Å². The highest BCUT2D eigenvalue weighted by Crippen LogP contribution is 2.21. The van der Waals surface area contributed by atoms with Gasteiger partial charge in [-0.25, -0.2) is 13.1 Å². The van der Waals surface area contributed by atoms with Crippen molar-refractivity contribution in [3.8, 4) is 0 Å². The third kappa shape index (κ3) is 5.41. The fourth-order valence-electron chi connectivity index (χ4n) is 2.28. The normalized spacial score (nSPS) is 23.1. The molecule has 0 aromatic carbocycles. The van der Waals surface area contributed by atoms with E-state index in [-0.39, 0.29) is 29.4 Å². The number of nitrogens with zero attached hydrogens (tertiary/aromatic N) is 2. The van der Waals surface area contributed by atoms with Crippen LogP contribution in [0.3, 0.4) is 0 Å². The number of hydrogen-bond acceptors (Lipinski definition) is 4. The molecule has 0 saturated heterocycles. The quantitative estimate of drug-likeness (QED) is 0.847. The molecule has 1 aromatic rings. The van der Waals surface area contributed by atoms with Crippen molar-refractivity contribution in [1.82, 2.24) is 14.5 Å². The summed E-state index contributed by atoms with van der Waals surface area (Å²) in [6.07, 6.45) is 0.0439. The van der Waals surface area contributed by atoms with Crippen molar-refractivity contribution in [2.24, 2.45) is 5.73 Å². The number of nitrogens with one attached hydrogen (secondary N) is 1. The molecule has 0 radical (unpaired) electrons. The Balaban J connectivity index is 0.00000242. The third-order valence-electron chi connectivity index (χ3n) is 3.35. The molecule has 0 bridgehead atoms. The highest BCUT2D eigenvalue weighted by atomic mass is 35.5. The molecule has 11 heteroatoms. The van der Waals surface area contributed by atoms with E-state index in [4.69, 9.17) is 5.73 Å². The monoisotopic (exact) mass is 362 g/mol. The summed E-state index contributed by atoms with van der Waals surface area (Å²) in [5.41, 5.74) is 5.74. The number of nitrogens with two attached hydrogens (primary N) is 1. The fourth-order valence-corrected chi connectivity index (χ4v) is 3.54. The summed E-state index contributed by atoms with van der Waals surface area (Å²) in [5, 5.41) is 3.43. The maximum atomic E-state index is 12.2. The number of halogens is 4. The van der Waals surface area contributed by atoms with Gasteiger partial charge < -0.3 is 5.73 Å². The van der Waals surface area contributed by atoms with Crippen molar-refractivity contribution in [3.05, 3.63) is 12.4 Å². The van der Waals surface area contributed by atoms with Gasteiger partial charge in [0, 0.05) is 18.3 Å². The van der Waals surface area contributed by atoms with Crippen molar-refractivity contribution in [1.29, 1.82) is 0 Å². The Bertz CT molecular complexity index is 582. The summed E-state index contributed by atoms with van der Waals surface area (Å²) in [6.45, 7) is -1.32. The predicted octanol–water partition coefficient (Wildman–Crippen LogP) is 1.42. The van der Waals surface area contributed by atoms with Crippen LogP contribution in [0.4, 0.5) is 13.2 Å². The second kappa shape index (κ2) is 7.16. The van der Waals surface area contributed by atoms with E-state index in [1.165, 1.54) is 0 Å². The smallest absolute Gasteiger partial charge is 0.328 e. The maximum absolute atomic E-state index is 12.2. The molecular formula is C11H18ClF3N4O2S. The van der Waals surface area contributed by atoms with Gasteiger partial charge in [-0.05, 0) is 25.7 Å². The van der Waals surface area contributed by atoms with Crippen LogP contribution in [0.5, 0.6) is 0 Å². The van der Waals surface area contributed by atoms with Crippen LogP contribution in [0.1, 0.15) is 25.7 Å². The van der Waals surface area contributed by atoms with Crippen LogP contribution in [0.15, 0.2) is 17.3 Å². The lowest BCUT2D eigenvalue weighted by atomic mass is 9.93. The first kappa shape index (κ1) is 19.2. The average molecular weight is 363 g/mol. The fraction of sp³-hybridized carbons (Fsp3) is 0.727. The van der Waals surface area contributed by atoms with E-state index in [2.05, 4.69) is 9.82 Å². The number of sulfonamides is 1. The van der Waals surface area contributed by atoms with Crippen LogP contribution in [-0.2, 0) is 16.6 Å². The van der Waals surface area contributed by atoms with Gasteiger partial charge >= 0.3 is 6.18 Å². The molecule has 1 heterocycles. The highest BCUT2D eigenvalue weighted by molar-refractivity contribution is 7.89. The van der Waals surface area contributed by atoms with E-state index in [1.807, 2.05) is 0 Å². The second-order valence-corrected chi connectivity index (χ2v) is 6.94. The molecular weight excluding hydrogens is 345 g/mol. The molecule has 22 heavy (non-hydrogen) atoms. The molecule has 0 amide bonds. The Morgan fingerprint density at radius 1 is 1.32 bits per heavy atom. The number of aromatic nitrogens is 2. The standard InChI is InChI=1S/C11H17F3N4O2S.ClH/c12-11(13,14)7-18-6-10(5-16-18)21(19,20)17-9-3-1-8(15)2-4-9;/h5-6,8-9,17H,1-4,7,15H2;1H.